The Kier molecular flexibility index (Phi) is 6.23. The Morgan fingerprint density at radius 2 is 1.59 bits per heavy atom. The van der Waals surface area contributed by atoms with Crippen molar-refractivity contribution in [3.63, 3.8) is 0 Å². The van der Waals surface area contributed by atoms with E-state index in [1.54, 1.807) is 17.0 Å². The molecule has 0 aliphatic carbocycles. The standard InChI is InChI=1S/C13H11NO3.ClHO4/c15-10-4-5-11(12(16)8-10)13(17)9-14-6-2-1-3-7-14;2-1(3,4)5/h1-8H,9H2,(H-,15,16,17);(H,2,3,4,5). The van der Waals surface area contributed by atoms with Gasteiger partial charge in [0.05, 0.1) is 5.56 Å². The third-order valence-corrected chi connectivity index (χ3v) is 2.39. The van der Waals surface area contributed by atoms with Gasteiger partial charge in [-0.15, -0.1) is 10.2 Å². The van der Waals surface area contributed by atoms with E-state index in [1.165, 1.54) is 12.1 Å². The fourth-order valence-corrected chi connectivity index (χ4v) is 1.55. The van der Waals surface area contributed by atoms with Gasteiger partial charge >= 0.3 is 0 Å². The number of phenolic OH excluding ortho intramolecular Hbond substituents is 2. The van der Waals surface area contributed by atoms with Gasteiger partial charge in [0.1, 0.15) is 11.5 Å². The van der Waals surface area contributed by atoms with Crippen LogP contribution in [0.1, 0.15) is 10.4 Å². The molecule has 0 saturated carbocycles. The molecule has 9 heteroatoms. The molecular formula is C13H12ClNO7. The zero-order chi connectivity index (χ0) is 16.8. The summed E-state index contributed by atoms with van der Waals surface area (Å²) in [6.07, 6.45) is 3.55. The van der Waals surface area contributed by atoms with Gasteiger partial charge in [0.2, 0.25) is 12.3 Å². The molecule has 2 rings (SSSR count). The molecule has 0 aliphatic rings. The van der Waals surface area contributed by atoms with Crippen LogP contribution in [0, 0.1) is 10.2 Å². The SMILES string of the molecule is O=C(C[n+]1ccccc1)c1ccc(O)cc1O.[O-][Cl+3]([O-])([O-])[O-]. The van der Waals surface area contributed by atoms with Crippen LogP contribution in [-0.2, 0) is 6.54 Å². The van der Waals surface area contributed by atoms with Gasteiger partial charge in [-0.2, -0.15) is 4.57 Å². The highest BCUT2D eigenvalue weighted by atomic mass is 35.7. The fourth-order valence-electron chi connectivity index (χ4n) is 1.55. The van der Waals surface area contributed by atoms with Gasteiger partial charge in [-0.25, -0.2) is 18.6 Å². The van der Waals surface area contributed by atoms with Crippen molar-refractivity contribution in [3.05, 3.63) is 54.4 Å². The molecule has 1 heterocycles. The van der Waals surface area contributed by atoms with Gasteiger partial charge in [-0.1, -0.05) is 6.07 Å². The number of rotatable bonds is 3. The number of phenols is 2. The van der Waals surface area contributed by atoms with E-state index in [9.17, 15) is 9.90 Å². The normalized spacial score (nSPS) is 10.5. The Hall–Kier alpha value is -2.23. The van der Waals surface area contributed by atoms with Crippen molar-refractivity contribution in [1.82, 2.24) is 0 Å². The minimum absolute atomic E-state index is 0.0635. The predicted molar refractivity (Wildman–Crippen MR) is 60.7 cm³/mol. The highest BCUT2D eigenvalue weighted by Gasteiger charge is 2.15. The zero-order valence-electron chi connectivity index (χ0n) is 11.1. The van der Waals surface area contributed by atoms with Crippen molar-refractivity contribution in [2.75, 3.05) is 0 Å². The van der Waals surface area contributed by atoms with E-state index in [2.05, 4.69) is 0 Å². The Morgan fingerprint density at radius 3 is 2.09 bits per heavy atom. The molecule has 0 saturated heterocycles. The lowest BCUT2D eigenvalue weighted by Crippen LogP contribution is -2.68. The van der Waals surface area contributed by atoms with E-state index in [0.717, 1.165) is 6.07 Å². The third-order valence-electron chi connectivity index (χ3n) is 2.39. The average molecular weight is 330 g/mol. The van der Waals surface area contributed by atoms with Crippen molar-refractivity contribution in [2.45, 2.75) is 6.54 Å². The second-order valence-corrected chi connectivity index (χ2v) is 4.81. The van der Waals surface area contributed by atoms with Crippen LogP contribution in [0.3, 0.4) is 0 Å². The molecule has 8 nitrogen and oxygen atoms in total. The number of Topliss-reactive ketones (excluding diaryl/α,β-unsaturated/α-hetero) is 1. The van der Waals surface area contributed by atoms with Crippen molar-refractivity contribution in [3.8, 4) is 11.5 Å². The van der Waals surface area contributed by atoms with E-state index < -0.39 is 10.2 Å². The van der Waals surface area contributed by atoms with Crippen LogP contribution in [0.2, 0.25) is 0 Å². The first-order valence-electron chi connectivity index (χ1n) is 5.78. The highest BCUT2D eigenvalue weighted by Crippen LogP contribution is 2.22. The monoisotopic (exact) mass is 329 g/mol. The molecule has 1 aromatic heterocycles. The average Bonchev–Trinajstić information content (AvgIpc) is 2.37. The lowest BCUT2D eigenvalue weighted by Gasteiger charge is -2.17. The van der Waals surface area contributed by atoms with Crippen molar-refractivity contribution in [2.24, 2.45) is 0 Å². The van der Waals surface area contributed by atoms with Crippen LogP contribution in [-0.4, -0.2) is 16.0 Å². The molecule has 0 spiro atoms. The fraction of sp³-hybridized carbons (Fsp3) is 0.0769. The Bertz CT molecular complexity index is 622. The molecule has 0 unspecified atom stereocenters. The zero-order valence-corrected chi connectivity index (χ0v) is 11.8. The molecule has 0 amide bonds. The summed E-state index contributed by atoms with van der Waals surface area (Å²) >= 11 is 0. The molecule has 1 aromatic carbocycles. The second-order valence-electron chi connectivity index (χ2n) is 4.05. The van der Waals surface area contributed by atoms with Crippen molar-refractivity contribution in [1.29, 1.82) is 0 Å². The van der Waals surface area contributed by atoms with Crippen molar-refractivity contribution < 1.29 is 48.5 Å². The van der Waals surface area contributed by atoms with E-state index in [4.69, 9.17) is 23.7 Å². The van der Waals surface area contributed by atoms with Gasteiger partial charge in [-0.3, -0.25) is 4.79 Å². The van der Waals surface area contributed by atoms with E-state index >= 15 is 0 Å². The van der Waals surface area contributed by atoms with Crippen LogP contribution in [0.4, 0.5) is 0 Å². The number of hydrogen-bond acceptors (Lipinski definition) is 7. The van der Waals surface area contributed by atoms with Crippen LogP contribution >= 0.6 is 0 Å². The third kappa shape index (κ3) is 6.97. The summed E-state index contributed by atoms with van der Waals surface area (Å²) in [5.74, 6) is -0.475. The van der Waals surface area contributed by atoms with Crippen LogP contribution in [0.15, 0.2) is 48.8 Å². The summed E-state index contributed by atoms with van der Waals surface area (Å²) in [5.41, 5.74) is 0.208. The largest absolute Gasteiger partial charge is 0.508 e. The molecule has 118 valence electrons. The number of carbonyl (C=O) groups excluding carboxylic acids is 1. The van der Waals surface area contributed by atoms with Crippen LogP contribution in [0.25, 0.3) is 0 Å². The van der Waals surface area contributed by atoms with Gasteiger partial charge in [0.15, 0.2) is 12.4 Å². The number of hydrogen-bond donors (Lipinski definition) is 2. The maximum absolute atomic E-state index is 11.9. The predicted octanol–water partition coefficient (Wildman–Crippen LogP) is -3.49. The number of benzene rings is 1. The first-order valence-corrected chi connectivity index (χ1v) is 7.01. The van der Waals surface area contributed by atoms with Crippen LogP contribution < -0.4 is 23.2 Å². The number of carbonyl (C=O) groups is 1. The van der Waals surface area contributed by atoms with Crippen LogP contribution in [0.5, 0.6) is 11.5 Å². The lowest BCUT2D eigenvalue weighted by atomic mass is 10.1. The maximum atomic E-state index is 11.9. The van der Waals surface area contributed by atoms with E-state index in [0.29, 0.717) is 0 Å². The van der Waals surface area contributed by atoms with Gasteiger partial charge < -0.3 is 10.2 Å². The molecule has 0 radical (unpaired) electrons. The number of ketones is 1. The lowest BCUT2D eigenvalue weighted by molar-refractivity contribution is -2.00. The number of aromatic nitrogens is 1. The molecular weight excluding hydrogens is 318 g/mol. The Balaban J connectivity index is 0.000000422. The summed E-state index contributed by atoms with van der Waals surface area (Å²) in [5, 5.41) is 18.7. The molecule has 0 atom stereocenters. The maximum Gasteiger partial charge on any atom is 0.231 e. The smallest absolute Gasteiger partial charge is 0.231 e. The molecule has 2 N–H and O–H groups in total. The Labute approximate surface area is 127 Å². The molecule has 0 aliphatic heterocycles. The minimum atomic E-state index is -4.94. The number of halogens is 1. The van der Waals surface area contributed by atoms with Gasteiger partial charge in [-0.05, 0) is 12.1 Å². The molecule has 22 heavy (non-hydrogen) atoms. The van der Waals surface area contributed by atoms with E-state index in [-0.39, 0.29) is 29.4 Å². The summed E-state index contributed by atoms with van der Waals surface area (Å²) < 4.78 is 35.7. The molecule has 0 fully saturated rings. The van der Waals surface area contributed by atoms with Gasteiger partial charge in [0, 0.05) is 18.2 Å². The summed E-state index contributed by atoms with van der Waals surface area (Å²) in [6, 6.07) is 9.45. The highest BCUT2D eigenvalue weighted by molar-refractivity contribution is 5.97. The van der Waals surface area contributed by atoms with Gasteiger partial charge in [0.25, 0.3) is 0 Å². The second kappa shape index (κ2) is 7.69. The summed E-state index contributed by atoms with van der Waals surface area (Å²) in [4.78, 5) is 11.9. The quantitative estimate of drug-likeness (QED) is 0.437. The first-order chi connectivity index (χ1) is 10.2. The topological polar surface area (TPSA) is 154 Å². The summed E-state index contributed by atoms with van der Waals surface area (Å²) in [7, 11) is -4.94. The molecule has 0 bridgehead atoms. The van der Waals surface area contributed by atoms with E-state index in [1.807, 2.05) is 18.2 Å². The van der Waals surface area contributed by atoms with Crippen molar-refractivity contribution >= 4 is 5.78 Å². The Morgan fingerprint density at radius 1 is 1.05 bits per heavy atom. The number of pyridine rings is 1. The molecule has 2 aromatic rings. The first kappa shape index (κ1) is 17.8. The minimum Gasteiger partial charge on any atom is -0.508 e. The number of nitrogens with zero attached hydrogens (tertiary/aromatic N) is 1. The summed E-state index contributed by atoms with van der Waals surface area (Å²) in [6.45, 7) is 0.152. The number of aromatic hydroxyl groups is 2.